The fourth-order valence-electron chi connectivity index (χ4n) is 5.09. The van der Waals surface area contributed by atoms with E-state index in [1.807, 2.05) is 0 Å². The van der Waals surface area contributed by atoms with E-state index in [1.165, 1.54) is 12.5 Å². The molecule has 9 nitrogen and oxygen atoms in total. The highest BCUT2D eigenvalue weighted by molar-refractivity contribution is 7.89. The lowest BCUT2D eigenvalue weighted by atomic mass is 9.80. The zero-order valence-corrected chi connectivity index (χ0v) is 24.1. The molecular formula is C26H34Cl2N4O5S. The van der Waals surface area contributed by atoms with Gasteiger partial charge >= 0.3 is 5.97 Å². The monoisotopic (exact) mass is 584 g/mol. The van der Waals surface area contributed by atoms with Gasteiger partial charge in [0.25, 0.3) is 5.91 Å². The third-order valence-electron chi connectivity index (χ3n) is 7.04. The molecule has 1 aromatic heterocycles. The van der Waals surface area contributed by atoms with Crippen molar-refractivity contribution >= 4 is 45.1 Å². The van der Waals surface area contributed by atoms with Gasteiger partial charge in [-0.1, -0.05) is 42.5 Å². The molecule has 38 heavy (non-hydrogen) atoms. The number of hydrogen-bond acceptors (Lipinski definition) is 5. The summed E-state index contributed by atoms with van der Waals surface area (Å²) in [6.07, 6.45) is 6.37. The van der Waals surface area contributed by atoms with Crippen LogP contribution in [0, 0.1) is 11.8 Å². The van der Waals surface area contributed by atoms with Gasteiger partial charge in [0.05, 0.1) is 21.7 Å². The summed E-state index contributed by atoms with van der Waals surface area (Å²) in [5, 5.41) is 16.5. The number of hydrogen-bond donors (Lipinski definition) is 3. The largest absolute Gasteiger partial charge is 0.481 e. The third kappa shape index (κ3) is 6.52. The number of carbonyl (C=O) groups excluding carboxylic acids is 1. The molecule has 1 heterocycles. The van der Waals surface area contributed by atoms with Crippen LogP contribution in [-0.2, 0) is 21.4 Å². The molecule has 208 valence electrons. The number of carboxylic acid groups (broad SMARTS) is 1. The zero-order valence-electron chi connectivity index (χ0n) is 21.8. The Balaban J connectivity index is 1.66. The van der Waals surface area contributed by atoms with E-state index in [-0.39, 0.29) is 26.7 Å². The van der Waals surface area contributed by atoms with Gasteiger partial charge in [-0.05, 0) is 70.6 Å². The van der Waals surface area contributed by atoms with Gasteiger partial charge in [0.2, 0.25) is 10.0 Å². The average Bonchev–Trinajstić information content (AvgIpc) is 3.19. The first-order chi connectivity index (χ1) is 17.7. The van der Waals surface area contributed by atoms with Crippen molar-refractivity contribution in [2.45, 2.75) is 88.7 Å². The summed E-state index contributed by atoms with van der Waals surface area (Å²) in [7, 11) is -3.93. The minimum Gasteiger partial charge on any atom is -0.481 e. The Morgan fingerprint density at radius 1 is 1.11 bits per heavy atom. The molecule has 2 fully saturated rings. The highest BCUT2D eigenvalue weighted by Crippen LogP contribution is 2.39. The Hall–Kier alpha value is -2.14. The van der Waals surface area contributed by atoms with Crippen LogP contribution in [0.2, 0.25) is 10.0 Å². The smallest absolute Gasteiger partial charge is 0.306 e. The van der Waals surface area contributed by atoms with E-state index in [4.69, 9.17) is 28.3 Å². The molecule has 0 atom stereocenters. The van der Waals surface area contributed by atoms with Gasteiger partial charge < -0.3 is 10.4 Å². The van der Waals surface area contributed by atoms with Gasteiger partial charge in [0, 0.05) is 23.7 Å². The van der Waals surface area contributed by atoms with Crippen LogP contribution in [0.3, 0.4) is 0 Å². The predicted molar refractivity (Wildman–Crippen MR) is 146 cm³/mol. The predicted octanol–water partition coefficient (Wildman–Crippen LogP) is 5.11. The molecule has 2 aliphatic carbocycles. The lowest BCUT2D eigenvalue weighted by Crippen LogP contribution is -2.46. The Labute approximate surface area is 233 Å². The maximum atomic E-state index is 13.0. The van der Waals surface area contributed by atoms with Crippen LogP contribution in [0.1, 0.15) is 76.2 Å². The summed E-state index contributed by atoms with van der Waals surface area (Å²) in [5.41, 5.74) is 0.521. The number of amides is 1. The van der Waals surface area contributed by atoms with Crippen LogP contribution in [0.25, 0.3) is 11.3 Å². The molecule has 0 radical (unpaired) electrons. The van der Waals surface area contributed by atoms with Crippen LogP contribution in [-0.4, -0.2) is 46.8 Å². The van der Waals surface area contributed by atoms with Crippen molar-refractivity contribution in [1.82, 2.24) is 19.8 Å². The molecule has 1 aromatic carbocycles. The third-order valence-corrected chi connectivity index (χ3v) is 9.84. The topological polar surface area (TPSA) is 130 Å². The molecule has 0 spiro atoms. The Morgan fingerprint density at radius 2 is 1.76 bits per heavy atom. The SMILES string of the molecule is CC(C)(C)NS(=O)(=O)c1ccc(-c2cc(C(=O)NC3CC(C(=O)O)C3)nn2CC2CCCCC2)c(Cl)c1Cl. The van der Waals surface area contributed by atoms with Gasteiger partial charge in [-0.15, -0.1) is 0 Å². The van der Waals surface area contributed by atoms with Crippen molar-refractivity contribution in [3.05, 3.63) is 33.9 Å². The minimum atomic E-state index is -3.93. The van der Waals surface area contributed by atoms with Crippen molar-refractivity contribution < 1.29 is 23.1 Å². The molecule has 2 saturated carbocycles. The van der Waals surface area contributed by atoms with Crippen LogP contribution in [0.4, 0.5) is 0 Å². The van der Waals surface area contributed by atoms with Crippen LogP contribution < -0.4 is 10.0 Å². The first kappa shape index (κ1) is 28.9. The number of carbonyl (C=O) groups is 2. The number of sulfonamides is 1. The average molecular weight is 586 g/mol. The molecular weight excluding hydrogens is 551 g/mol. The van der Waals surface area contributed by atoms with Crippen LogP contribution in [0.15, 0.2) is 23.1 Å². The Morgan fingerprint density at radius 3 is 2.37 bits per heavy atom. The first-order valence-electron chi connectivity index (χ1n) is 12.9. The van der Waals surface area contributed by atoms with Crippen LogP contribution in [0.5, 0.6) is 0 Å². The highest BCUT2D eigenvalue weighted by atomic mass is 35.5. The van der Waals surface area contributed by atoms with E-state index in [9.17, 15) is 18.0 Å². The standard InChI is InChI=1S/C26H34Cl2N4O5S/c1-26(2,3)31-38(36,37)21-10-9-18(22(27)23(21)28)20-13-19(24(33)29-17-11-16(12-17)25(34)35)30-32(20)14-15-7-5-4-6-8-15/h9-10,13,15-17,31H,4-8,11-12,14H2,1-3H3,(H,29,33)(H,34,35). The van der Waals surface area contributed by atoms with Gasteiger partial charge in [0.1, 0.15) is 4.90 Å². The normalized spacial score (nSPS) is 20.7. The van der Waals surface area contributed by atoms with Gasteiger partial charge in [-0.25, -0.2) is 13.1 Å². The fourth-order valence-corrected chi connectivity index (χ4v) is 7.38. The van der Waals surface area contributed by atoms with E-state index in [1.54, 1.807) is 37.6 Å². The van der Waals surface area contributed by atoms with E-state index in [2.05, 4.69) is 15.1 Å². The summed E-state index contributed by atoms with van der Waals surface area (Å²) >= 11 is 13.2. The van der Waals surface area contributed by atoms with Gasteiger partial charge in [-0.3, -0.25) is 14.3 Å². The van der Waals surface area contributed by atoms with Gasteiger partial charge in [-0.2, -0.15) is 5.10 Å². The van der Waals surface area contributed by atoms with Gasteiger partial charge in [0.15, 0.2) is 5.69 Å². The van der Waals surface area contributed by atoms with E-state index in [0.717, 1.165) is 25.7 Å². The quantitative estimate of drug-likeness (QED) is 0.395. The lowest BCUT2D eigenvalue weighted by Gasteiger charge is -2.32. The van der Waals surface area contributed by atoms with E-state index < -0.39 is 33.4 Å². The number of benzene rings is 1. The van der Waals surface area contributed by atoms with Crippen molar-refractivity contribution in [3.8, 4) is 11.3 Å². The van der Waals surface area contributed by atoms with Crippen molar-refractivity contribution in [2.75, 3.05) is 0 Å². The van der Waals surface area contributed by atoms with Crippen molar-refractivity contribution in [2.24, 2.45) is 11.8 Å². The molecule has 12 heteroatoms. The Bertz CT molecular complexity index is 1320. The summed E-state index contributed by atoms with van der Waals surface area (Å²) in [4.78, 5) is 24.0. The number of carboxylic acids is 1. The second-order valence-corrected chi connectivity index (χ2v) is 13.8. The number of nitrogens with zero attached hydrogens (tertiary/aromatic N) is 2. The summed E-state index contributed by atoms with van der Waals surface area (Å²) in [6.45, 7) is 5.79. The highest BCUT2D eigenvalue weighted by Gasteiger charge is 2.36. The molecule has 0 bridgehead atoms. The molecule has 1 amide bonds. The Kier molecular flexibility index (Phi) is 8.47. The lowest BCUT2D eigenvalue weighted by molar-refractivity contribution is -0.145. The molecule has 4 rings (SSSR count). The van der Waals surface area contributed by atoms with E-state index in [0.29, 0.717) is 36.6 Å². The molecule has 3 N–H and O–H groups in total. The fraction of sp³-hybridized carbons (Fsp3) is 0.577. The maximum absolute atomic E-state index is 13.0. The molecule has 0 unspecified atom stereocenters. The maximum Gasteiger partial charge on any atom is 0.306 e. The van der Waals surface area contributed by atoms with Crippen molar-refractivity contribution in [3.63, 3.8) is 0 Å². The summed E-state index contributed by atoms with van der Waals surface area (Å²) < 4.78 is 30.2. The van der Waals surface area contributed by atoms with Crippen LogP contribution >= 0.6 is 23.2 Å². The summed E-state index contributed by atoms with van der Waals surface area (Å²) in [6, 6.07) is 4.42. The first-order valence-corrected chi connectivity index (χ1v) is 15.1. The molecule has 0 saturated heterocycles. The second-order valence-electron chi connectivity index (χ2n) is 11.4. The minimum absolute atomic E-state index is 0.0588. The number of aromatic nitrogens is 2. The molecule has 2 aliphatic rings. The van der Waals surface area contributed by atoms with Crippen molar-refractivity contribution in [1.29, 1.82) is 0 Å². The number of rotatable bonds is 8. The number of aliphatic carboxylic acids is 1. The zero-order chi connectivity index (χ0) is 27.8. The second kappa shape index (κ2) is 11.2. The van der Waals surface area contributed by atoms with E-state index >= 15 is 0 Å². The number of nitrogens with one attached hydrogen (secondary N) is 2. The molecule has 0 aliphatic heterocycles. The summed E-state index contributed by atoms with van der Waals surface area (Å²) in [5.74, 6) is -1.29. The number of halogens is 2. The molecule has 2 aromatic rings.